The number of rotatable bonds is 3. The Morgan fingerprint density at radius 1 is 1.30 bits per heavy atom. The van der Waals surface area contributed by atoms with Gasteiger partial charge in [-0.25, -0.2) is 0 Å². The summed E-state index contributed by atoms with van der Waals surface area (Å²) in [6.07, 6.45) is 5.82. The Labute approximate surface area is 138 Å². The molecule has 1 aliphatic carbocycles. The van der Waals surface area contributed by atoms with Crippen molar-refractivity contribution in [3.05, 3.63) is 29.8 Å². The van der Waals surface area contributed by atoms with E-state index >= 15 is 0 Å². The molecule has 122 valence electrons. The Balaban J connectivity index is 1.79. The molecule has 4 nitrogen and oxygen atoms in total. The number of fused-ring (bicyclic) bond motifs is 1. The summed E-state index contributed by atoms with van der Waals surface area (Å²) in [5, 5.41) is 9.71. The van der Waals surface area contributed by atoms with Crippen molar-refractivity contribution in [2.75, 3.05) is 18.5 Å². The molecule has 1 amide bonds. The Morgan fingerprint density at radius 2 is 2.00 bits per heavy atom. The lowest BCUT2D eigenvalue weighted by molar-refractivity contribution is -0.135. The number of carbonyl (C=O) groups is 1. The van der Waals surface area contributed by atoms with Gasteiger partial charge in [0.05, 0.1) is 6.07 Å². The van der Waals surface area contributed by atoms with Crippen molar-refractivity contribution in [2.45, 2.75) is 57.0 Å². The van der Waals surface area contributed by atoms with Crippen molar-refractivity contribution in [3.8, 4) is 6.07 Å². The third kappa shape index (κ3) is 2.69. The molecule has 2 aliphatic rings. The van der Waals surface area contributed by atoms with Crippen LogP contribution in [0.15, 0.2) is 24.3 Å². The van der Waals surface area contributed by atoms with E-state index in [4.69, 9.17) is 0 Å². The molecule has 0 bridgehead atoms. The minimum atomic E-state index is -0.608. The zero-order valence-electron chi connectivity index (χ0n) is 14.1. The van der Waals surface area contributed by atoms with E-state index in [2.05, 4.69) is 23.1 Å². The molecule has 4 heteroatoms. The summed E-state index contributed by atoms with van der Waals surface area (Å²) < 4.78 is 0. The first-order valence-corrected chi connectivity index (χ1v) is 8.62. The highest BCUT2D eigenvalue weighted by molar-refractivity contribution is 5.86. The second-order valence-corrected chi connectivity index (χ2v) is 6.85. The van der Waals surface area contributed by atoms with Crippen LogP contribution in [0.5, 0.6) is 0 Å². The van der Waals surface area contributed by atoms with Crippen LogP contribution in [0.3, 0.4) is 0 Å². The molecule has 1 aromatic carbocycles. The molecule has 0 radical (unpaired) electrons. The third-order valence-corrected chi connectivity index (χ3v) is 5.61. The van der Waals surface area contributed by atoms with Gasteiger partial charge in [-0.2, -0.15) is 5.26 Å². The lowest BCUT2D eigenvalue weighted by Gasteiger charge is -2.41. The molecule has 1 heterocycles. The molecule has 3 rings (SSSR count). The van der Waals surface area contributed by atoms with Crippen molar-refractivity contribution >= 4 is 11.6 Å². The number of hydrogen-bond donors (Lipinski definition) is 0. The summed E-state index contributed by atoms with van der Waals surface area (Å²) >= 11 is 0. The lowest BCUT2D eigenvalue weighted by atomic mass is 9.81. The fourth-order valence-electron chi connectivity index (χ4n) is 4.05. The van der Waals surface area contributed by atoms with Crippen molar-refractivity contribution < 1.29 is 4.79 Å². The van der Waals surface area contributed by atoms with Crippen LogP contribution >= 0.6 is 0 Å². The quantitative estimate of drug-likeness (QED) is 0.861. The van der Waals surface area contributed by atoms with Crippen LogP contribution in [-0.2, 0) is 11.2 Å². The van der Waals surface area contributed by atoms with Gasteiger partial charge in [0.1, 0.15) is 11.6 Å². The first-order chi connectivity index (χ1) is 11.1. The number of hydrogen-bond acceptors (Lipinski definition) is 3. The number of carbonyl (C=O) groups excluding carboxylic acids is 1. The number of nitrogens with zero attached hydrogens (tertiary/aromatic N) is 3. The molecule has 0 unspecified atom stereocenters. The van der Waals surface area contributed by atoms with Crippen LogP contribution in [0, 0.1) is 11.3 Å². The van der Waals surface area contributed by atoms with E-state index < -0.39 is 5.54 Å². The van der Waals surface area contributed by atoms with Crippen molar-refractivity contribution in [1.29, 1.82) is 5.26 Å². The molecular weight excluding hydrogens is 286 g/mol. The van der Waals surface area contributed by atoms with Gasteiger partial charge in [-0.05, 0) is 37.8 Å². The van der Waals surface area contributed by atoms with Gasteiger partial charge >= 0.3 is 0 Å². The smallest absolute Gasteiger partial charge is 0.246 e. The van der Waals surface area contributed by atoms with Gasteiger partial charge in [0, 0.05) is 19.3 Å². The summed E-state index contributed by atoms with van der Waals surface area (Å²) in [4.78, 5) is 17.0. The topological polar surface area (TPSA) is 47.3 Å². The highest BCUT2D eigenvalue weighted by Crippen LogP contribution is 2.34. The van der Waals surface area contributed by atoms with Gasteiger partial charge in [-0.3, -0.25) is 4.79 Å². The monoisotopic (exact) mass is 311 g/mol. The van der Waals surface area contributed by atoms with Crippen molar-refractivity contribution in [1.82, 2.24) is 4.90 Å². The second-order valence-electron chi connectivity index (χ2n) is 6.85. The van der Waals surface area contributed by atoms with E-state index in [-0.39, 0.29) is 11.9 Å². The first kappa shape index (κ1) is 15.9. The van der Waals surface area contributed by atoms with Crippen LogP contribution in [0.25, 0.3) is 0 Å². The van der Waals surface area contributed by atoms with Crippen LogP contribution in [-0.4, -0.2) is 36.0 Å². The number of benzene rings is 1. The summed E-state index contributed by atoms with van der Waals surface area (Å²) in [5.41, 5.74) is 1.86. The van der Waals surface area contributed by atoms with Crippen LogP contribution in [0.4, 0.5) is 5.69 Å². The molecule has 0 saturated heterocycles. The zero-order chi connectivity index (χ0) is 16.4. The maximum Gasteiger partial charge on any atom is 0.246 e. The lowest BCUT2D eigenvalue weighted by Crippen LogP contribution is -2.55. The number of amides is 1. The molecule has 0 aromatic heterocycles. The Bertz CT molecular complexity index is 628. The maximum atomic E-state index is 13.0. The Morgan fingerprint density at radius 3 is 2.70 bits per heavy atom. The minimum Gasteiger partial charge on any atom is -0.359 e. The van der Waals surface area contributed by atoms with E-state index in [1.54, 1.807) is 4.90 Å². The van der Waals surface area contributed by atoms with E-state index in [9.17, 15) is 10.1 Å². The number of anilines is 1. The summed E-state index contributed by atoms with van der Waals surface area (Å²) in [5.74, 6) is 0.0603. The summed E-state index contributed by atoms with van der Waals surface area (Å²) in [6.45, 7) is 2.84. The largest absolute Gasteiger partial charge is 0.359 e. The van der Waals surface area contributed by atoms with Crippen molar-refractivity contribution in [2.24, 2.45) is 0 Å². The second kappa shape index (κ2) is 6.23. The summed E-state index contributed by atoms with van der Waals surface area (Å²) in [6, 6.07) is 10.5. The predicted octanol–water partition coefficient (Wildman–Crippen LogP) is 3.12. The number of para-hydroxylation sites is 1. The fourth-order valence-corrected chi connectivity index (χ4v) is 4.05. The Hall–Kier alpha value is -2.02. The maximum absolute atomic E-state index is 13.0. The molecule has 0 N–H and O–H groups in total. The van der Waals surface area contributed by atoms with Gasteiger partial charge in [0.15, 0.2) is 0 Å². The number of likely N-dealkylation sites (N-methyl/N-ethyl adjacent to an activating group) is 1. The van der Waals surface area contributed by atoms with Crippen molar-refractivity contribution in [3.63, 3.8) is 0 Å². The molecule has 1 saturated carbocycles. The van der Waals surface area contributed by atoms with Gasteiger partial charge in [-0.1, -0.05) is 37.5 Å². The molecule has 1 aliphatic heterocycles. The molecule has 1 fully saturated rings. The van der Waals surface area contributed by atoms with Crippen LogP contribution < -0.4 is 4.90 Å². The molecule has 23 heavy (non-hydrogen) atoms. The highest BCUT2D eigenvalue weighted by atomic mass is 16.2. The minimum absolute atomic E-state index is 0.0603. The standard InChI is InChI=1S/C19H25N3O/c1-15(22-13-10-16-8-4-5-9-17(16)22)18(23)21(2)19(14-20)11-6-3-7-12-19/h4-5,8-9,15H,3,6-7,10-13H2,1-2H3/t15-/m1/s1. The average molecular weight is 311 g/mol. The van der Waals surface area contributed by atoms with E-state index in [0.29, 0.717) is 0 Å². The third-order valence-electron chi connectivity index (χ3n) is 5.61. The van der Waals surface area contributed by atoms with Gasteiger partial charge < -0.3 is 9.80 Å². The number of nitriles is 1. The van der Waals surface area contributed by atoms with Crippen LogP contribution in [0.2, 0.25) is 0 Å². The summed E-state index contributed by atoms with van der Waals surface area (Å²) in [7, 11) is 1.81. The highest BCUT2D eigenvalue weighted by Gasteiger charge is 2.41. The molecule has 0 spiro atoms. The normalized spacial score (nSPS) is 20.5. The fraction of sp³-hybridized carbons (Fsp3) is 0.579. The van der Waals surface area contributed by atoms with E-state index in [1.807, 2.05) is 26.1 Å². The van der Waals surface area contributed by atoms with E-state index in [1.165, 1.54) is 12.0 Å². The predicted molar refractivity (Wildman–Crippen MR) is 91.2 cm³/mol. The first-order valence-electron chi connectivity index (χ1n) is 8.62. The average Bonchev–Trinajstić information content (AvgIpc) is 3.04. The van der Waals surface area contributed by atoms with E-state index in [0.717, 1.165) is 44.3 Å². The van der Waals surface area contributed by atoms with Gasteiger partial charge in [0.2, 0.25) is 5.91 Å². The SMILES string of the molecule is C[C@H](C(=O)N(C)C1(C#N)CCCCC1)N1CCc2ccccc21. The Kier molecular flexibility index (Phi) is 4.30. The van der Waals surface area contributed by atoms with Gasteiger partial charge in [-0.15, -0.1) is 0 Å². The molecule has 1 aromatic rings. The van der Waals surface area contributed by atoms with Gasteiger partial charge in [0.25, 0.3) is 0 Å². The van der Waals surface area contributed by atoms with Crippen LogP contribution in [0.1, 0.15) is 44.6 Å². The zero-order valence-corrected chi connectivity index (χ0v) is 14.1. The molecular formula is C19H25N3O. The molecule has 1 atom stereocenters.